The number of aliphatic hydroxyl groups is 2. The zero-order valence-electron chi connectivity index (χ0n) is 17.1. The van der Waals surface area contributed by atoms with Gasteiger partial charge >= 0.3 is 12.1 Å². The molecule has 0 aromatic heterocycles. The van der Waals surface area contributed by atoms with Crippen molar-refractivity contribution in [2.75, 3.05) is 6.61 Å². The zero-order chi connectivity index (χ0) is 23.0. The monoisotopic (exact) mass is 446 g/mol. The third-order valence-electron chi connectivity index (χ3n) is 5.45. The molecule has 1 saturated carbocycles. The maximum atomic E-state index is 12.6. The first-order valence-corrected chi connectivity index (χ1v) is 10.3. The summed E-state index contributed by atoms with van der Waals surface area (Å²) >= 11 is 0. The third kappa shape index (κ3) is 7.79. The Morgan fingerprint density at radius 1 is 1.16 bits per heavy atom. The molecule has 1 aliphatic rings. The molecule has 0 aliphatic heterocycles. The molecule has 0 radical (unpaired) electrons. The Morgan fingerprint density at radius 3 is 2.32 bits per heavy atom. The molecule has 3 atom stereocenters. The number of hydrogen-bond acceptors (Lipinski definition) is 6. The summed E-state index contributed by atoms with van der Waals surface area (Å²) < 4.78 is 42.7. The molecule has 0 saturated heterocycles. The number of ether oxygens (including phenoxy) is 1. The molecule has 1 aromatic rings. The van der Waals surface area contributed by atoms with Crippen LogP contribution in [0, 0.1) is 5.92 Å². The molecule has 1 aliphatic carbocycles. The summed E-state index contributed by atoms with van der Waals surface area (Å²) in [6.07, 6.45) is -0.180. The van der Waals surface area contributed by atoms with E-state index in [-0.39, 0.29) is 6.61 Å². The van der Waals surface area contributed by atoms with E-state index in [0.29, 0.717) is 17.9 Å². The smallest absolute Gasteiger partial charge is 0.416 e. The average Bonchev–Trinajstić information content (AvgIpc) is 2.75. The maximum Gasteiger partial charge on any atom is 0.416 e. The number of benzene rings is 1. The molecule has 0 heterocycles. The Hall–Kier alpha value is -2.17. The molecule has 0 spiro atoms. The van der Waals surface area contributed by atoms with Gasteiger partial charge in [-0.05, 0) is 30.0 Å². The number of nitrogens with two attached hydrogens (primary N) is 1. The van der Waals surface area contributed by atoms with Crippen molar-refractivity contribution in [3.63, 3.8) is 0 Å². The van der Waals surface area contributed by atoms with E-state index in [9.17, 15) is 33.0 Å². The molecule has 1 fully saturated rings. The van der Waals surface area contributed by atoms with E-state index >= 15 is 0 Å². The van der Waals surface area contributed by atoms with E-state index in [0.717, 1.165) is 49.9 Å². The number of carbonyl (C=O) groups is 2. The van der Waals surface area contributed by atoms with Crippen LogP contribution in [0.1, 0.15) is 49.7 Å². The standard InChI is InChI=1S/C21H29F3N2O5/c22-21(23,24)15-8-6-14(7-9-15)12-31-20(30)17(11-27)26-19(29)18(28)16(25)10-13-4-2-1-3-5-13/h6-9,13,16-18,27-28H,1-5,10-12,25H2,(H,26,29)/t16-,17?,18+/m1/s1. The summed E-state index contributed by atoms with van der Waals surface area (Å²) in [5, 5.41) is 21.8. The van der Waals surface area contributed by atoms with Gasteiger partial charge in [0.1, 0.15) is 12.7 Å². The Kier molecular flexibility index (Phi) is 9.27. The Bertz CT molecular complexity index is 721. The van der Waals surface area contributed by atoms with Gasteiger partial charge in [-0.3, -0.25) is 4.79 Å². The van der Waals surface area contributed by atoms with E-state index in [2.05, 4.69) is 5.32 Å². The van der Waals surface area contributed by atoms with Crippen molar-refractivity contribution in [1.29, 1.82) is 0 Å². The normalized spacial score (nSPS) is 18.1. The lowest BCUT2D eigenvalue weighted by molar-refractivity contribution is -0.151. The molecule has 1 unspecified atom stereocenters. The molecular formula is C21H29F3N2O5. The lowest BCUT2D eigenvalue weighted by Crippen LogP contribution is -2.53. The first-order chi connectivity index (χ1) is 14.6. The minimum Gasteiger partial charge on any atom is -0.459 e. The van der Waals surface area contributed by atoms with Gasteiger partial charge in [0.2, 0.25) is 0 Å². The molecule has 0 bridgehead atoms. The van der Waals surface area contributed by atoms with Crippen LogP contribution >= 0.6 is 0 Å². The van der Waals surface area contributed by atoms with Crippen molar-refractivity contribution in [2.24, 2.45) is 11.7 Å². The van der Waals surface area contributed by atoms with Crippen LogP contribution in [0.4, 0.5) is 13.2 Å². The largest absolute Gasteiger partial charge is 0.459 e. The number of carbonyl (C=O) groups excluding carboxylic acids is 2. The van der Waals surface area contributed by atoms with E-state index < -0.39 is 48.4 Å². The highest BCUT2D eigenvalue weighted by Gasteiger charge is 2.31. The summed E-state index contributed by atoms with van der Waals surface area (Å²) in [5.74, 6) is -1.54. The molecule has 1 aromatic carbocycles. The second kappa shape index (κ2) is 11.4. The van der Waals surface area contributed by atoms with Crippen LogP contribution in [0.25, 0.3) is 0 Å². The minimum absolute atomic E-state index is 0.305. The highest BCUT2D eigenvalue weighted by atomic mass is 19.4. The van der Waals surface area contributed by atoms with Crippen molar-refractivity contribution in [2.45, 2.75) is 69.5 Å². The first-order valence-electron chi connectivity index (χ1n) is 10.3. The molecular weight excluding hydrogens is 417 g/mol. The topological polar surface area (TPSA) is 122 Å². The van der Waals surface area contributed by atoms with Crippen LogP contribution in [0.15, 0.2) is 24.3 Å². The lowest BCUT2D eigenvalue weighted by atomic mass is 9.84. The number of esters is 1. The van der Waals surface area contributed by atoms with E-state index in [1.165, 1.54) is 6.42 Å². The van der Waals surface area contributed by atoms with Gasteiger partial charge in [0.25, 0.3) is 5.91 Å². The summed E-state index contributed by atoms with van der Waals surface area (Å²) in [6.45, 7) is -1.12. The van der Waals surface area contributed by atoms with Crippen LogP contribution in [0.3, 0.4) is 0 Å². The number of halogens is 3. The average molecular weight is 446 g/mol. The molecule has 174 valence electrons. The second-order valence-corrected chi connectivity index (χ2v) is 7.89. The van der Waals surface area contributed by atoms with Gasteiger partial charge in [-0.25, -0.2) is 4.79 Å². The molecule has 5 N–H and O–H groups in total. The van der Waals surface area contributed by atoms with Crippen molar-refractivity contribution >= 4 is 11.9 Å². The summed E-state index contributed by atoms with van der Waals surface area (Å²) in [7, 11) is 0. The van der Waals surface area contributed by atoms with Gasteiger partial charge in [0, 0.05) is 6.04 Å². The Balaban J connectivity index is 1.83. The van der Waals surface area contributed by atoms with E-state index in [4.69, 9.17) is 10.5 Å². The lowest BCUT2D eigenvalue weighted by Gasteiger charge is -2.27. The van der Waals surface area contributed by atoms with Gasteiger partial charge in [0.15, 0.2) is 6.04 Å². The molecule has 2 rings (SSSR count). The third-order valence-corrected chi connectivity index (χ3v) is 5.45. The van der Waals surface area contributed by atoms with Crippen LogP contribution in [-0.4, -0.2) is 46.9 Å². The molecule has 1 amide bonds. The van der Waals surface area contributed by atoms with Gasteiger partial charge in [-0.2, -0.15) is 13.2 Å². The van der Waals surface area contributed by atoms with E-state index in [1.54, 1.807) is 0 Å². The number of alkyl halides is 3. The fourth-order valence-electron chi connectivity index (χ4n) is 3.61. The summed E-state index contributed by atoms with van der Waals surface area (Å²) in [5.41, 5.74) is 5.42. The Morgan fingerprint density at radius 2 is 1.77 bits per heavy atom. The fraction of sp³-hybridized carbons (Fsp3) is 0.619. The van der Waals surface area contributed by atoms with Gasteiger partial charge in [-0.15, -0.1) is 0 Å². The number of rotatable bonds is 9. The van der Waals surface area contributed by atoms with Gasteiger partial charge in [0.05, 0.1) is 12.2 Å². The van der Waals surface area contributed by atoms with Gasteiger partial charge in [-0.1, -0.05) is 44.2 Å². The highest BCUT2D eigenvalue weighted by Crippen LogP contribution is 2.29. The number of aliphatic hydroxyl groups excluding tert-OH is 2. The minimum atomic E-state index is -4.47. The van der Waals surface area contributed by atoms with Crippen molar-refractivity contribution in [3.8, 4) is 0 Å². The number of nitrogens with one attached hydrogen (secondary N) is 1. The molecule has 31 heavy (non-hydrogen) atoms. The van der Waals surface area contributed by atoms with E-state index in [1.807, 2.05) is 0 Å². The second-order valence-electron chi connectivity index (χ2n) is 7.89. The van der Waals surface area contributed by atoms with Gasteiger partial charge < -0.3 is 26.0 Å². The van der Waals surface area contributed by atoms with Crippen LogP contribution < -0.4 is 11.1 Å². The van der Waals surface area contributed by atoms with Crippen molar-refractivity contribution < 1.29 is 37.7 Å². The fourth-order valence-corrected chi connectivity index (χ4v) is 3.61. The summed E-state index contributed by atoms with van der Waals surface area (Å²) in [6, 6.07) is 1.81. The Labute approximate surface area is 178 Å². The number of amides is 1. The highest BCUT2D eigenvalue weighted by molar-refractivity contribution is 5.87. The predicted octanol–water partition coefficient (Wildman–Crippen LogP) is 1.88. The van der Waals surface area contributed by atoms with Crippen molar-refractivity contribution in [1.82, 2.24) is 5.32 Å². The SMILES string of the molecule is N[C@H](CC1CCCCC1)[C@H](O)C(=O)NC(CO)C(=O)OCc1ccc(C(F)(F)F)cc1. The molecule has 7 nitrogen and oxygen atoms in total. The zero-order valence-corrected chi connectivity index (χ0v) is 17.1. The van der Waals surface area contributed by atoms with Crippen LogP contribution in [-0.2, 0) is 27.1 Å². The predicted molar refractivity (Wildman–Crippen MR) is 105 cm³/mol. The molecule has 10 heteroatoms. The number of hydrogen-bond donors (Lipinski definition) is 4. The van der Waals surface area contributed by atoms with Crippen LogP contribution in [0.2, 0.25) is 0 Å². The quantitative estimate of drug-likeness (QED) is 0.430. The maximum absolute atomic E-state index is 12.6. The van der Waals surface area contributed by atoms with Crippen molar-refractivity contribution in [3.05, 3.63) is 35.4 Å². The van der Waals surface area contributed by atoms with Crippen LogP contribution in [0.5, 0.6) is 0 Å². The first kappa shape index (κ1) is 25.1. The summed E-state index contributed by atoms with van der Waals surface area (Å²) in [4.78, 5) is 24.4.